The maximum Gasteiger partial charge on any atom is 0.0466 e. The molecule has 18 heavy (non-hydrogen) atoms. The molecule has 0 aromatic heterocycles. The van der Waals surface area contributed by atoms with Gasteiger partial charge in [0.25, 0.3) is 0 Å². The fraction of sp³-hybridized carbons (Fsp3) is 1.00. The highest BCUT2D eigenvalue weighted by molar-refractivity contribution is 4.69. The third-order valence-electron chi connectivity index (χ3n) is 2.94. The second-order valence-corrected chi connectivity index (χ2v) is 6.74. The van der Waals surface area contributed by atoms with Gasteiger partial charge in [-0.15, -0.1) is 0 Å². The summed E-state index contributed by atoms with van der Waals surface area (Å²) in [6.45, 7) is 14.2. The van der Waals surface area contributed by atoms with Gasteiger partial charge in [-0.25, -0.2) is 0 Å². The van der Waals surface area contributed by atoms with Crippen LogP contribution in [0.4, 0.5) is 0 Å². The Bertz CT molecular complexity index is 172. The maximum absolute atomic E-state index is 5.63. The molecule has 0 heterocycles. The molecule has 0 spiro atoms. The zero-order chi connectivity index (χ0) is 13.9. The lowest BCUT2D eigenvalue weighted by molar-refractivity contribution is 0.124. The van der Waals surface area contributed by atoms with Gasteiger partial charge < -0.3 is 10.1 Å². The topological polar surface area (TPSA) is 21.3 Å². The number of rotatable bonds is 11. The summed E-state index contributed by atoms with van der Waals surface area (Å²) in [7, 11) is 0. The molecule has 0 aliphatic carbocycles. The molecule has 0 amide bonds. The van der Waals surface area contributed by atoms with E-state index in [1.807, 2.05) is 0 Å². The van der Waals surface area contributed by atoms with Crippen LogP contribution in [0.15, 0.2) is 0 Å². The molecule has 0 rings (SSSR count). The van der Waals surface area contributed by atoms with Crippen LogP contribution < -0.4 is 5.32 Å². The number of nitrogens with one attached hydrogen (secondary N) is 1. The first-order valence-corrected chi connectivity index (χ1v) is 7.74. The van der Waals surface area contributed by atoms with Crippen LogP contribution in [0.1, 0.15) is 73.1 Å². The zero-order valence-electron chi connectivity index (χ0n) is 13.3. The Morgan fingerprint density at radius 1 is 0.889 bits per heavy atom. The molecule has 110 valence electrons. The molecule has 0 bridgehead atoms. The molecule has 0 fully saturated rings. The lowest BCUT2D eigenvalue weighted by Gasteiger charge is -2.20. The predicted octanol–water partition coefficient (Wildman–Crippen LogP) is 4.39. The molecule has 0 atom stereocenters. The van der Waals surface area contributed by atoms with Crippen LogP contribution in [0.3, 0.4) is 0 Å². The fourth-order valence-corrected chi connectivity index (χ4v) is 1.84. The molecule has 2 nitrogen and oxygen atoms in total. The van der Waals surface area contributed by atoms with Crippen molar-refractivity contribution in [1.29, 1.82) is 0 Å². The lowest BCUT2D eigenvalue weighted by Crippen LogP contribution is -2.36. The Kier molecular flexibility index (Phi) is 10.8. The second-order valence-electron chi connectivity index (χ2n) is 6.74. The second kappa shape index (κ2) is 10.8. The van der Waals surface area contributed by atoms with Gasteiger partial charge in [0.05, 0.1) is 0 Å². The molecule has 0 radical (unpaired) electrons. The van der Waals surface area contributed by atoms with Crippen molar-refractivity contribution < 1.29 is 4.74 Å². The highest BCUT2D eigenvalue weighted by Gasteiger charge is 2.06. The van der Waals surface area contributed by atoms with Crippen molar-refractivity contribution in [2.24, 2.45) is 5.92 Å². The summed E-state index contributed by atoms with van der Waals surface area (Å²) in [5.74, 6) is 0.809. The smallest absolute Gasteiger partial charge is 0.0466 e. The molecule has 1 N–H and O–H groups in total. The highest BCUT2D eigenvalue weighted by atomic mass is 16.5. The first-order chi connectivity index (χ1) is 8.42. The zero-order valence-corrected chi connectivity index (χ0v) is 13.3. The quantitative estimate of drug-likeness (QED) is 0.554. The van der Waals surface area contributed by atoms with Crippen LogP contribution in [0, 0.1) is 5.92 Å². The van der Waals surface area contributed by atoms with Crippen LogP contribution in [0.25, 0.3) is 0 Å². The van der Waals surface area contributed by atoms with Crippen molar-refractivity contribution in [2.75, 3.05) is 19.8 Å². The van der Waals surface area contributed by atoms with Crippen LogP contribution in [-0.2, 0) is 4.74 Å². The molecule has 0 aliphatic rings. The SMILES string of the molecule is CC(C)CCCOCCCCCCNC(C)(C)C. The lowest BCUT2D eigenvalue weighted by atomic mass is 10.1. The average molecular weight is 257 g/mol. The van der Waals surface area contributed by atoms with Crippen molar-refractivity contribution >= 4 is 0 Å². The normalized spacial score (nSPS) is 12.3. The number of ether oxygens (including phenoxy) is 1. The molecule has 0 saturated carbocycles. The van der Waals surface area contributed by atoms with Crippen molar-refractivity contribution in [2.45, 2.75) is 78.7 Å². The van der Waals surface area contributed by atoms with E-state index >= 15 is 0 Å². The van der Waals surface area contributed by atoms with Crippen molar-refractivity contribution in [3.8, 4) is 0 Å². The number of unbranched alkanes of at least 4 members (excludes halogenated alkanes) is 3. The van der Waals surface area contributed by atoms with Crippen LogP contribution in [0.2, 0.25) is 0 Å². The van der Waals surface area contributed by atoms with E-state index in [0.29, 0.717) is 0 Å². The summed E-state index contributed by atoms with van der Waals surface area (Å²) in [5, 5.41) is 3.52. The molecule has 0 saturated heterocycles. The molecule has 0 aromatic carbocycles. The van der Waals surface area contributed by atoms with Gasteiger partial charge >= 0.3 is 0 Å². The van der Waals surface area contributed by atoms with Crippen molar-refractivity contribution in [3.63, 3.8) is 0 Å². The van der Waals surface area contributed by atoms with Gasteiger partial charge in [0.15, 0.2) is 0 Å². The summed E-state index contributed by atoms with van der Waals surface area (Å²) in [4.78, 5) is 0. The minimum Gasteiger partial charge on any atom is -0.381 e. The Balaban J connectivity index is 3.04. The summed E-state index contributed by atoms with van der Waals surface area (Å²) in [6.07, 6.45) is 7.63. The summed E-state index contributed by atoms with van der Waals surface area (Å²) in [6, 6.07) is 0. The van der Waals surface area contributed by atoms with Crippen molar-refractivity contribution in [3.05, 3.63) is 0 Å². The minimum atomic E-state index is 0.263. The standard InChI is InChI=1S/C16H35NO/c1-15(2)11-10-14-18-13-9-7-6-8-12-17-16(3,4)5/h15,17H,6-14H2,1-5H3. The van der Waals surface area contributed by atoms with E-state index in [2.05, 4.69) is 39.9 Å². The third-order valence-corrected chi connectivity index (χ3v) is 2.94. The van der Waals surface area contributed by atoms with Gasteiger partial charge in [-0.05, 0) is 58.9 Å². The van der Waals surface area contributed by atoms with E-state index in [4.69, 9.17) is 4.74 Å². The van der Waals surface area contributed by atoms with E-state index in [9.17, 15) is 0 Å². The summed E-state index contributed by atoms with van der Waals surface area (Å²) >= 11 is 0. The highest BCUT2D eigenvalue weighted by Crippen LogP contribution is 2.05. The molecule has 2 heteroatoms. The van der Waals surface area contributed by atoms with Crippen molar-refractivity contribution in [1.82, 2.24) is 5.32 Å². The van der Waals surface area contributed by atoms with Gasteiger partial charge in [0, 0.05) is 18.8 Å². The monoisotopic (exact) mass is 257 g/mol. The molecule has 0 unspecified atom stereocenters. The Labute approximate surface area is 115 Å². The third kappa shape index (κ3) is 15.9. The van der Waals surface area contributed by atoms with Gasteiger partial charge in [-0.2, -0.15) is 0 Å². The number of hydrogen-bond acceptors (Lipinski definition) is 2. The minimum absolute atomic E-state index is 0.263. The van der Waals surface area contributed by atoms with Gasteiger partial charge in [0.2, 0.25) is 0 Å². The first kappa shape index (κ1) is 17.9. The van der Waals surface area contributed by atoms with E-state index < -0.39 is 0 Å². The van der Waals surface area contributed by atoms with E-state index in [-0.39, 0.29) is 5.54 Å². The molecule has 0 aromatic rings. The summed E-state index contributed by atoms with van der Waals surface area (Å²) in [5.41, 5.74) is 0.263. The van der Waals surface area contributed by atoms with E-state index in [1.165, 1.54) is 38.5 Å². The molecule has 0 aliphatic heterocycles. The predicted molar refractivity (Wildman–Crippen MR) is 81.1 cm³/mol. The largest absolute Gasteiger partial charge is 0.381 e. The van der Waals surface area contributed by atoms with Gasteiger partial charge in [-0.3, -0.25) is 0 Å². The van der Waals surface area contributed by atoms with E-state index in [1.54, 1.807) is 0 Å². The maximum atomic E-state index is 5.63. The van der Waals surface area contributed by atoms with Crippen LogP contribution >= 0.6 is 0 Å². The Morgan fingerprint density at radius 3 is 2.11 bits per heavy atom. The first-order valence-electron chi connectivity index (χ1n) is 7.74. The summed E-state index contributed by atoms with van der Waals surface area (Å²) < 4.78 is 5.63. The Morgan fingerprint density at radius 2 is 1.50 bits per heavy atom. The van der Waals surface area contributed by atoms with Crippen LogP contribution in [-0.4, -0.2) is 25.3 Å². The van der Waals surface area contributed by atoms with E-state index in [0.717, 1.165) is 25.7 Å². The number of hydrogen-bond donors (Lipinski definition) is 1. The average Bonchev–Trinajstić information content (AvgIpc) is 2.24. The van der Waals surface area contributed by atoms with Crippen LogP contribution in [0.5, 0.6) is 0 Å². The molecular formula is C16H35NO. The van der Waals surface area contributed by atoms with Gasteiger partial charge in [-0.1, -0.05) is 26.7 Å². The molecular weight excluding hydrogens is 222 g/mol. The fourth-order valence-electron chi connectivity index (χ4n) is 1.84. The Hall–Kier alpha value is -0.0800. The van der Waals surface area contributed by atoms with Gasteiger partial charge in [0.1, 0.15) is 0 Å².